The third-order valence-electron chi connectivity index (χ3n) is 4.43. The first-order chi connectivity index (χ1) is 9.91. The number of carboxylic acids is 1. The van der Waals surface area contributed by atoms with Crippen LogP contribution in [0.2, 0.25) is 0 Å². The number of hydrogen-bond donors (Lipinski definition) is 2. The quantitative estimate of drug-likeness (QED) is 0.848. The Labute approximate surface area is 134 Å². The molecule has 6 heteroatoms. The predicted octanol–water partition coefficient (Wildman–Crippen LogP) is 3.20. The van der Waals surface area contributed by atoms with E-state index in [0.717, 1.165) is 41.7 Å². The molecule has 1 saturated carbocycles. The number of aryl methyl sites for hydroxylation is 1. The lowest BCUT2D eigenvalue weighted by Crippen LogP contribution is -2.55. The molecule has 1 fully saturated rings. The van der Waals surface area contributed by atoms with Gasteiger partial charge in [0.15, 0.2) is 0 Å². The summed E-state index contributed by atoms with van der Waals surface area (Å²) < 4.78 is 3.03. The molecule has 1 aliphatic rings. The number of hydrogen-bond acceptors (Lipinski definition) is 3. The zero-order valence-electron chi connectivity index (χ0n) is 12.9. The van der Waals surface area contributed by atoms with Crippen molar-refractivity contribution in [1.29, 1.82) is 0 Å². The summed E-state index contributed by atoms with van der Waals surface area (Å²) in [4.78, 5) is 11.8. The average Bonchev–Trinajstić information content (AvgIpc) is 2.73. The maximum atomic E-state index is 11.8. The Kier molecular flexibility index (Phi) is 5.09. The van der Waals surface area contributed by atoms with Crippen molar-refractivity contribution in [2.75, 3.05) is 6.54 Å². The van der Waals surface area contributed by atoms with E-state index in [1.54, 1.807) is 0 Å². The Morgan fingerprint density at radius 2 is 2.29 bits per heavy atom. The molecule has 118 valence electrons. The third-order valence-corrected chi connectivity index (χ3v) is 5.58. The average molecular weight is 358 g/mol. The van der Waals surface area contributed by atoms with Gasteiger partial charge in [-0.15, -0.1) is 0 Å². The molecule has 0 radical (unpaired) electrons. The molecule has 0 amide bonds. The molecule has 2 unspecified atom stereocenters. The minimum absolute atomic E-state index is 0.143. The second-order valence-electron chi connectivity index (χ2n) is 5.99. The van der Waals surface area contributed by atoms with Crippen LogP contribution in [-0.4, -0.2) is 32.9 Å². The summed E-state index contributed by atoms with van der Waals surface area (Å²) in [7, 11) is 0. The van der Waals surface area contributed by atoms with Gasteiger partial charge in [0, 0.05) is 0 Å². The molecule has 2 atom stereocenters. The van der Waals surface area contributed by atoms with Gasteiger partial charge in [0.1, 0.15) is 5.54 Å². The number of nitrogens with zero attached hydrogens (tertiary/aromatic N) is 2. The minimum Gasteiger partial charge on any atom is -0.480 e. The largest absolute Gasteiger partial charge is 0.480 e. The maximum absolute atomic E-state index is 11.8. The summed E-state index contributed by atoms with van der Waals surface area (Å²) >= 11 is 3.55. The number of rotatable bonds is 5. The zero-order chi connectivity index (χ0) is 15.6. The van der Waals surface area contributed by atoms with E-state index in [1.807, 2.05) is 18.5 Å². The first-order valence-electron chi connectivity index (χ1n) is 7.61. The molecule has 21 heavy (non-hydrogen) atoms. The van der Waals surface area contributed by atoms with E-state index in [9.17, 15) is 9.90 Å². The van der Waals surface area contributed by atoms with E-state index in [2.05, 4.69) is 33.3 Å². The van der Waals surface area contributed by atoms with Gasteiger partial charge in [0.05, 0.1) is 21.9 Å². The molecule has 0 saturated heterocycles. The van der Waals surface area contributed by atoms with Crippen LogP contribution >= 0.6 is 15.9 Å². The summed E-state index contributed by atoms with van der Waals surface area (Å²) in [5.74, 6) is -0.735. The van der Waals surface area contributed by atoms with Gasteiger partial charge in [-0.3, -0.25) is 9.48 Å². The molecule has 0 bridgehead atoms. The lowest BCUT2D eigenvalue weighted by Gasteiger charge is -2.38. The summed E-state index contributed by atoms with van der Waals surface area (Å²) in [5.41, 5.74) is 1.23. The number of halogens is 1. The molecule has 0 spiro atoms. The predicted molar refractivity (Wildman–Crippen MR) is 85.6 cm³/mol. The van der Waals surface area contributed by atoms with Crippen LogP contribution < -0.4 is 5.32 Å². The smallest absolute Gasteiger partial charge is 0.323 e. The summed E-state index contributed by atoms with van der Waals surface area (Å²) in [5, 5.41) is 17.6. The molecule has 2 rings (SSSR count). The Balaban J connectivity index is 2.26. The van der Waals surface area contributed by atoms with E-state index in [-0.39, 0.29) is 6.04 Å². The van der Waals surface area contributed by atoms with Crippen molar-refractivity contribution in [3.05, 3.63) is 15.9 Å². The molecule has 1 aliphatic carbocycles. The minimum atomic E-state index is -0.808. The van der Waals surface area contributed by atoms with Crippen LogP contribution in [0.25, 0.3) is 0 Å². The van der Waals surface area contributed by atoms with E-state index >= 15 is 0 Å². The van der Waals surface area contributed by atoms with Gasteiger partial charge in [0.25, 0.3) is 0 Å². The van der Waals surface area contributed by atoms with Crippen LogP contribution in [0.1, 0.15) is 56.5 Å². The fourth-order valence-electron chi connectivity index (χ4n) is 3.25. The second kappa shape index (κ2) is 6.48. The van der Waals surface area contributed by atoms with Crippen LogP contribution in [-0.2, 0) is 4.79 Å². The van der Waals surface area contributed by atoms with E-state index in [4.69, 9.17) is 0 Å². The van der Waals surface area contributed by atoms with Crippen LogP contribution in [0.15, 0.2) is 4.47 Å². The van der Waals surface area contributed by atoms with E-state index in [0.29, 0.717) is 12.8 Å². The van der Waals surface area contributed by atoms with Gasteiger partial charge < -0.3 is 10.4 Å². The van der Waals surface area contributed by atoms with Gasteiger partial charge in [-0.05, 0) is 68.4 Å². The Morgan fingerprint density at radius 1 is 1.57 bits per heavy atom. The highest BCUT2D eigenvalue weighted by atomic mass is 79.9. The standard InChI is InChI=1S/C15H24BrN3O2/c1-4-8-17-15(14(20)21)7-5-6-12(9-15)19-11(3)13(16)10(2)18-19/h12,17H,4-9H2,1-3H3,(H,20,21). The number of carbonyl (C=O) groups is 1. The normalized spacial score (nSPS) is 26.0. The SMILES string of the molecule is CCCNC1(C(=O)O)CCCC(n2nc(C)c(Br)c2C)C1. The van der Waals surface area contributed by atoms with Crippen LogP contribution in [0.4, 0.5) is 0 Å². The van der Waals surface area contributed by atoms with E-state index < -0.39 is 11.5 Å². The molecular weight excluding hydrogens is 334 g/mol. The van der Waals surface area contributed by atoms with Gasteiger partial charge in [0.2, 0.25) is 0 Å². The zero-order valence-corrected chi connectivity index (χ0v) is 14.5. The second-order valence-corrected chi connectivity index (χ2v) is 6.79. The highest BCUT2D eigenvalue weighted by Crippen LogP contribution is 2.37. The number of nitrogens with one attached hydrogen (secondary N) is 1. The lowest BCUT2D eigenvalue weighted by molar-refractivity contribution is -0.147. The van der Waals surface area contributed by atoms with Crippen molar-refractivity contribution in [2.45, 2.75) is 64.5 Å². The van der Waals surface area contributed by atoms with Crippen LogP contribution in [0.5, 0.6) is 0 Å². The summed E-state index contributed by atoms with van der Waals surface area (Å²) in [6.45, 7) is 6.79. The van der Waals surface area contributed by atoms with Gasteiger partial charge >= 0.3 is 5.97 Å². The Bertz CT molecular complexity index is 529. The maximum Gasteiger partial charge on any atom is 0.323 e. The fourth-order valence-corrected chi connectivity index (χ4v) is 3.51. The Morgan fingerprint density at radius 3 is 2.81 bits per heavy atom. The number of aliphatic carboxylic acids is 1. The first-order valence-corrected chi connectivity index (χ1v) is 8.40. The highest BCUT2D eigenvalue weighted by molar-refractivity contribution is 9.10. The van der Waals surface area contributed by atoms with Gasteiger partial charge in [-0.1, -0.05) is 6.92 Å². The van der Waals surface area contributed by atoms with Gasteiger partial charge in [-0.25, -0.2) is 0 Å². The molecule has 1 heterocycles. The molecule has 1 aromatic rings. The molecule has 2 N–H and O–H groups in total. The molecule has 0 aromatic carbocycles. The molecule has 0 aliphatic heterocycles. The first kappa shape index (κ1) is 16.5. The van der Waals surface area contributed by atoms with Crippen molar-refractivity contribution in [3.63, 3.8) is 0 Å². The van der Waals surface area contributed by atoms with E-state index in [1.165, 1.54) is 0 Å². The number of aromatic nitrogens is 2. The number of carboxylic acid groups (broad SMARTS) is 1. The topological polar surface area (TPSA) is 67.2 Å². The van der Waals surface area contributed by atoms with Crippen LogP contribution in [0, 0.1) is 13.8 Å². The van der Waals surface area contributed by atoms with Crippen molar-refractivity contribution < 1.29 is 9.90 Å². The third kappa shape index (κ3) is 3.16. The summed E-state index contributed by atoms with van der Waals surface area (Å²) in [6.07, 6.45) is 4.11. The fraction of sp³-hybridized carbons (Fsp3) is 0.733. The molecule has 1 aromatic heterocycles. The monoisotopic (exact) mass is 357 g/mol. The van der Waals surface area contributed by atoms with Crippen molar-refractivity contribution in [2.24, 2.45) is 0 Å². The van der Waals surface area contributed by atoms with Crippen molar-refractivity contribution >= 4 is 21.9 Å². The lowest BCUT2D eigenvalue weighted by atomic mass is 9.78. The molecule has 5 nitrogen and oxygen atoms in total. The van der Waals surface area contributed by atoms with Crippen molar-refractivity contribution in [1.82, 2.24) is 15.1 Å². The van der Waals surface area contributed by atoms with Crippen LogP contribution in [0.3, 0.4) is 0 Å². The van der Waals surface area contributed by atoms with Crippen molar-refractivity contribution in [3.8, 4) is 0 Å². The van der Waals surface area contributed by atoms with Gasteiger partial charge in [-0.2, -0.15) is 5.10 Å². The molecular formula is C15H24BrN3O2. The Hall–Kier alpha value is -0.880. The highest BCUT2D eigenvalue weighted by Gasteiger charge is 2.43. The summed E-state index contributed by atoms with van der Waals surface area (Å²) in [6, 6.07) is 0.143.